The third kappa shape index (κ3) is 3.40. The van der Waals surface area contributed by atoms with Crippen molar-refractivity contribution >= 4 is 5.91 Å². The second-order valence-corrected chi connectivity index (χ2v) is 4.19. The lowest BCUT2D eigenvalue weighted by Crippen LogP contribution is -2.21. The minimum atomic E-state index is 0.0508. The van der Waals surface area contributed by atoms with Crippen LogP contribution in [0.1, 0.15) is 31.7 Å². The van der Waals surface area contributed by atoms with E-state index in [9.17, 15) is 4.79 Å². The van der Waals surface area contributed by atoms with Gasteiger partial charge in [-0.1, -0.05) is 43.3 Å². The van der Waals surface area contributed by atoms with Crippen LogP contribution in [0.3, 0.4) is 0 Å². The Labute approximate surface area is 112 Å². The van der Waals surface area contributed by atoms with Gasteiger partial charge in [0.05, 0.1) is 0 Å². The molecule has 2 aromatic rings. The lowest BCUT2D eigenvalue weighted by atomic mass is 10.1. The lowest BCUT2D eigenvalue weighted by molar-refractivity contribution is -0.120. The zero-order chi connectivity index (χ0) is 13.7. The SMILES string of the molecule is CCC(=O)NCc1ccc(-c2noc(CC)n2)cc1. The highest BCUT2D eigenvalue weighted by Gasteiger charge is 2.07. The summed E-state index contributed by atoms with van der Waals surface area (Å²) in [5.41, 5.74) is 1.96. The second-order valence-electron chi connectivity index (χ2n) is 4.19. The average Bonchev–Trinajstić information content (AvgIpc) is 2.94. The van der Waals surface area contributed by atoms with Crippen LogP contribution in [0.2, 0.25) is 0 Å². The van der Waals surface area contributed by atoms with Crippen LogP contribution in [0.4, 0.5) is 0 Å². The molecule has 19 heavy (non-hydrogen) atoms. The first kappa shape index (κ1) is 13.3. The van der Waals surface area contributed by atoms with Crippen molar-refractivity contribution in [2.45, 2.75) is 33.2 Å². The fourth-order valence-corrected chi connectivity index (χ4v) is 1.61. The predicted molar refractivity (Wildman–Crippen MR) is 71.2 cm³/mol. The van der Waals surface area contributed by atoms with E-state index in [2.05, 4.69) is 15.5 Å². The molecule has 0 saturated carbocycles. The molecule has 0 fully saturated rings. The summed E-state index contributed by atoms with van der Waals surface area (Å²) in [4.78, 5) is 15.4. The molecule has 0 bridgehead atoms. The van der Waals surface area contributed by atoms with Crippen molar-refractivity contribution in [1.29, 1.82) is 0 Å². The molecule has 0 aliphatic carbocycles. The quantitative estimate of drug-likeness (QED) is 0.894. The Hall–Kier alpha value is -2.17. The van der Waals surface area contributed by atoms with Gasteiger partial charge >= 0.3 is 0 Å². The van der Waals surface area contributed by atoms with Gasteiger partial charge in [-0.2, -0.15) is 4.98 Å². The first-order valence-corrected chi connectivity index (χ1v) is 6.41. The molecule has 0 aliphatic heterocycles. The maximum Gasteiger partial charge on any atom is 0.226 e. The van der Waals surface area contributed by atoms with Gasteiger partial charge in [0.25, 0.3) is 0 Å². The van der Waals surface area contributed by atoms with Crippen molar-refractivity contribution in [3.8, 4) is 11.4 Å². The van der Waals surface area contributed by atoms with Gasteiger partial charge in [0.15, 0.2) is 0 Å². The molecule has 0 saturated heterocycles. The van der Waals surface area contributed by atoms with E-state index in [1.54, 1.807) is 0 Å². The molecular weight excluding hydrogens is 242 g/mol. The number of hydrogen-bond donors (Lipinski definition) is 1. The standard InChI is InChI=1S/C14H17N3O2/c1-3-12(18)15-9-10-5-7-11(8-6-10)14-16-13(4-2)19-17-14/h5-8H,3-4,9H2,1-2H3,(H,15,18). The van der Waals surface area contributed by atoms with Gasteiger partial charge in [-0.3, -0.25) is 4.79 Å². The van der Waals surface area contributed by atoms with E-state index in [1.807, 2.05) is 38.1 Å². The van der Waals surface area contributed by atoms with Crippen molar-refractivity contribution in [2.75, 3.05) is 0 Å². The van der Waals surface area contributed by atoms with Gasteiger partial charge in [0.2, 0.25) is 17.6 Å². The number of nitrogens with zero attached hydrogens (tertiary/aromatic N) is 2. The number of hydrogen-bond acceptors (Lipinski definition) is 4. The summed E-state index contributed by atoms with van der Waals surface area (Å²) in [7, 11) is 0. The molecular formula is C14H17N3O2. The summed E-state index contributed by atoms with van der Waals surface area (Å²) in [6.45, 7) is 4.34. The highest BCUT2D eigenvalue weighted by atomic mass is 16.5. The first-order chi connectivity index (χ1) is 9.22. The summed E-state index contributed by atoms with van der Waals surface area (Å²) in [5, 5.41) is 6.75. The maximum absolute atomic E-state index is 11.2. The van der Waals surface area contributed by atoms with Crippen molar-refractivity contribution in [3.63, 3.8) is 0 Å². The molecule has 0 spiro atoms. The fourth-order valence-electron chi connectivity index (χ4n) is 1.61. The molecule has 0 unspecified atom stereocenters. The largest absolute Gasteiger partial charge is 0.352 e. The molecule has 0 atom stereocenters. The smallest absolute Gasteiger partial charge is 0.226 e. The van der Waals surface area contributed by atoms with E-state index < -0.39 is 0 Å². The van der Waals surface area contributed by atoms with E-state index in [1.165, 1.54) is 0 Å². The lowest BCUT2D eigenvalue weighted by Gasteiger charge is -2.04. The van der Waals surface area contributed by atoms with Gasteiger partial charge in [0.1, 0.15) is 0 Å². The molecule has 5 heteroatoms. The molecule has 1 amide bonds. The Kier molecular flexibility index (Phi) is 4.28. The Balaban J connectivity index is 2.03. The van der Waals surface area contributed by atoms with Crippen LogP contribution in [-0.2, 0) is 17.8 Å². The van der Waals surface area contributed by atoms with Crippen LogP contribution in [0.5, 0.6) is 0 Å². The van der Waals surface area contributed by atoms with Crippen molar-refractivity contribution in [2.24, 2.45) is 0 Å². The summed E-state index contributed by atoms with van der Waals surface area (Å²) in [6.07, 6.45) is 1.23. The Morgan fingerprint density at radius 3 is 2.58 bits per heavy atom. The van der Waals surface area contributed by atoms with Crippen LogP contribution in [0, 0.1) is 0 Å². The van der Waals surface area contributed by atoms with Crippen LogP contribution >= 0.6 is 0 Å². The second kappa shape index (κ2) is 6.13. The van der Waals surface area contributed by atoms with Crippen molar-refractivity contribution < 1.29 is 9.32 Å². The number of nitrogens with one attached hydrogen (secondary N) is 1. The van der Waals surface area contributed by atoms with E-state index in [0.717, 1.165) is 17.5 Å². The molecule has 5 nitrogen and oxygen atoms in total. The molecule has 0 radical (unpaired) electrons. The summed E-state index contributed by atoms with van der Waals surface area (Å²) in [6, 6.07) is 7.76. The average molecular weight is 259 g/mol. The predicted octanol–water partition coefficient (Wildman–Crippen LogP) is 2.33. The number of amides is 1. The third-order valence-corrected chi connectivity index (χ3v) is 2.79. The number of carbonyl (C=O) groups is 1. The third-order valence-electron chi connectivity index (χ3n) is 2.79. The van der Waals surface area contributed by atoms with Crippen LogP contribution in [0.25, 0.3) is 11.4 Å². The van der Waals surface area contributed by atoms with Crippen molar-refractivity contribution in [1.82, 2.24) is 15.5 Å². The van der Waals surface area contributed by atoms with E-state index in [0.29, 0.717) is 24.7 Å². The normalized spacial score (nSPS) is 10.4. The first-order valence-electron chi connectivity index (χ1n) is 6.41. The van der Waals surface area contributed by atoms with Crippen LogP contribution in [0.15, 0.2) is 28.8 Å². The van der Waals surface area contributed by atoms with Gasteiger partial charge in [0, 0.05) is 24.9 Å². The molecule has 1 N–H and O–H groups in total. The van der Waals surface area contributed by atoms with E-state index in [4.69, 9.17) is 4.52 Å². The van der Waals surface area contributed by atoms with Crippen molar-refractivity contribution in [3.05, 3.63) is 35.7 Å². The minimum Gasteiger partial charge on any atom is -0.352 e. The highest BCUT2D eigenvalue weighted by molar-refractivity contribution is 5.75. The topological polar surface area (TPSA) is 68.0 Å². The highest BCUT2D eigenvalue weighted by Crippen LogP contribution is 2.16. The molecule has 1 aromatic carbocycles. The van der Waals surface area contributed by atoms with Gasteiger partial charge < -0.3 is 9.84 Å². The monoisotopic (exact) mass is 259 g/mol. The van der Waals surface area contributed by atoms with Gasteiger partial charge in [-0.05, 0) is 5.56 Å². The molecule has 100 valence electrons. The zero-order valence-electron chi connectivity index (χ0n) is 11.1. The number of aromatic nitrogens is 2. The number of benzene rings is 1. The molecule has 2 rings (SSSR count). The fraction of sp³-hybridized carbons (Fsp3) is 0.357. The van der Waals surface area contributed by atoms with Gasteiger partial charge in [-0.15, -0.1) is 0 Å². The Morgan fingerprint density at radius 1 is 1.26 bits per heavy atom. The summed E-state index contributed by atoms with van der Waals surface area (Å²) >= 11 is 0. The summed E-state index contributed by atoms with van der Waals surface area (Å²) in [5.74, 6) is 1.28. The number of aryl methyl sites for hydroxylation is 1. The Bertz CT molecular complexity index is 546. The Morgan fingerprint density at radius 2 is 2.00 bits per heavy atom. The molecule has 1 heterocycles. The number of carbonyl (C=O) groups excluding carboxylic acids is 1. The van der Waals surface area contributed by atoms with Crippen LogP contribution in [-0.4, -0.2) is 16.0 Å². The summed E-state index contributed by atoms with van der Waals surface area (Å²) < 4.78 is 5.07. The number of rotatable bonds is 5. The molecule has 1 aromatic heterocycles. The zero-order valence-corrected chi connectivity index (χ0v) is 11.1. The van der Waals surface area contributed by atoms with E-state index >= 15 is 0 Å². The minimum absolute atomic E-state index is 0.0508. The maximum atomic E-state index is 11.2. The van der Waals surface area contributed by atoms with Crippen LogP contribution < -0.4 is 5.32 Å². The molecule has 0 aliphatic rings. The van der Waals surface area contributed by atoms with E-state index in [-0.39, 0.29) is 5.91 Å². The van der Waals surface area contributed by atoms with Gasteiger partial charge in [-0.25, -0.2) is 0 Å².